The Labute approximate surface area is 118 Å². The molecule has 0 radical (unpaired) electrons. The lowest BCUT2D eigenvalue weighted by Crippen LogP contribution is -2.31. The van der Waals surface area contributed by atoms with Crippen LogP contribution in [0.1, 0.15) is 37.3 Å². The minimum absolute atomic E-state index is 0.0677. The van der Waals surface area contributed by atoms with Crippen molar-refractivity contribution in [2.75, 3.05) is 5.32 Å². The molecule has 0 aliphatic carbocycles. The van der Waals surface area contributed by atoms with Gasteiger partial charge in [-0.25, -0.2) is 4.79 Å². The molecule has 0 saturated heterocycles. The molecule has 106 valence electrons. The van der Waals surface area contributed by atoms with Gasteiger partial charge in [0.1, 0.15) is 5.76 Å². The standard InChI is InChI=1S/C15H19N3O2/c1-10(16)12-5-3-6-13(9-12)18-15(19)17-11(2)14-7-4-8-20-14/h3-11H,16H2,1-2H3,(H2,17,18,19). The lowest BCUT2D eigenvalue weighted by Gasteiger charge is -2.13. The summed E-state index contributed by atoms with van der Waals surface area (Å²) >= 11 is 0. The predicted octanol–water partition coefficient (Wildman–Crippen LogP) is 3.18. The molecule has 20 heavy (non-hydrogen) atoms. The summed E-state index contributed by atoms with van der Waals surface area (Å²) in [7, 11) is 0. The van der Waals surface area contributed by atoms with E-state index in [0.29, 0.717) is 11.4 Å². The zero-order chi connectivity index (χ0) is 14.5. The van der Waals surface area contributed by atoms with Crippen LogP contribution in [0, 0.1) is 0 Å². The average Bonchev–Trinajstić information content (AvgIpc) is 2.92. The number of urea groups is 1. The Morgan fingerprint density at radius 3 is 2.70 bits per heavy atom. The van der Waals surface area contributed by atoms with E-state index in [4.69, 9.17) is 10.2 Å². The summed E-state index contributed by atoms with van der Waals surface area (Å²) in [5, 5.41) is 5.59. The van der Waals surface area contributed by atoms with Crippen molar-refractivity contribution < 1.29 is 9.21 Å². The molecule has 2 rings (SSSR count). The van der Waals surface area contributed by atoms with Gasteiger partial charge in [-0.1, -0.05) is 12.1 Å². The van der Waals surface area contributed by atoms with Crippen molar-refractivity contribution in [3.63, 3.8) is 0 Å². The minimum Gasteiger partial charge on any atom is -0.467 e. The van der Waals surface area contributed by atoms with Gasteiger partial charge in [-0.2, -0.15) is 0 Å². The molecule has 0 aliphatic heterocycles. The van der Waals surface area contributed by atoms with Crippen molar-refractivity contribution >= 4 is 11.7 Å². The second-order valence-corrected chi connectivity index (χ2v) is 4.75. The minimum atomic E-state index is -0.282. The molecule has 1 aromatic heterocycles. The number of rotatable bonds is 4. The van der Waals surface area contributed by atoms with Crippen molar-refractivity contribution in [2.24, 2.45) is 5.73 Å². The van der Waals surface area contributed by atoms with E-state index in [9.17, 15) is 4.79 Å². The molecule has 4 N–H and O–H groups in total. The van der Waals surface area contributed by atoms with Crippen LogP contribution in [-0.2, 0) is 0 Å². The summed E-state index contributed by atoms with van der Waals surface area (Å²) in [6, 6.07) is 10.5. The van der Waals surface area contributed by atoms with E-state index in [2.05, 4.69) is 10.6 Å². The number of hydrogen-bond donors (Lipinski definition) is 3. The quantitative estimate of drug-likeness (QED) is 0.800. The fraction of sp³-hybridized carbons (Fsp3) is 0.267. The molecule has 0 bridgehead atoms. The van der Waals surface area contributed by atoms with Gasteiger partial charge in [-0.05, 0) is 43.7 Å². The molecule has 0 aliphatic rings. The number of nitrogens with one attached hydrogen (secondary N) is 2. The lowest BCUT2D eigenvalue weighted by atomic mass is 10.1. The first kappa shape index (κ1) is 14.1. The third-order valence-electron chi connectivity index (χ3n) is 2.99. The molecule has 2 unspecified atom stereocenters. The van der Waals surface area contributed by atoms with Crippen molar-refractivity contribution in [1.82, 2.24) is 5.32 Å². The van der Waals surface area contributed by atoms with Crippen LogP contribution in [0.3, 0.4) is 0 Å². The van der Waals surface area contributed by atoms with Gasteiger partial charge >= 0.3 is 6.03 Å². The molecular formula is C15H19N3O2. The molecular weight excluding hydrogens is 254 g/mol. The van der Waals surface area contributed by atoms with Gasteiger partial charge < -0.3 is 20.8 Å². The zero-order valence-electron chi connectivity index (χ0n) is 11.6. The first-order valence-corrected chi connectivity index (χ1v) is 6.52. The van der Waals surface area contributed by atoms with Crippen LogP contribution in [0.5, 0.6) is 0 Å². The second-order valence-electron chi connectivity index (χ2n) is 4.75. The molecule has 0 spiro atoms. The second kappa shape index (κ2) is 6.25. The number of nitrogens with two attached hydrogens (primary N) is 1. The lowest BCUT2D eigenvalue weighted by molar-refractivity contribution is 0.247. The SMILES string of the molecule is CC(N)c1cccc(NC(=O)NC(C)c2ccco2)c1. The summed E-state index contributed by atoms with van der Waals surface area (Å²) in [4.78, 5) is 11.9. The van der Waals surface area contributed by atoms with Gasteiger partial charge in [-0.3, -0.25) is 0 Å². The van der Waals surface area contributed by atoms with Gasteiger partial charge in [-0.15, -0.1) is 0 Å². The highest BCUT2D eigenvalue weighted by molar-refractivity contribution is 5.89. The summed E-state index contributed by atoms with van der Waals surface area (Å²) in [5.74, 6) is 0.712. The van der Waals surface area contributed by atoms with Crippen molar-refractivity contribution in [3.05, 3.63) is 54.0 Å². The first-order valence-electron chi connectivity index (χ1n) is 6.52. The maximum absolute atomic E-state index is 11.9. The van der Waals surface area contributed by atoms with E-state index in [1.54, 1.807) is 12.3 Å². The van der Waals surface area contributed by atoms with Crippen LogP contribution >= 0.6 is 0 Å². The molecule has 1 heterocycles. The highest BCUT2D eigenvalue weighted by atomic mass is 16.3. The van der Waals surface area contributed by atoms with Gasteiger partial charge in [0.05, 0.1) is 12.3 Å². The van der Waals surface area contributed by atoms with Crippen LogP contribution in [0.15, 0.2) is 47.1 Å². The van der Waals surface area contributed by atoms with Gasteiger partial charge in [0.2, 0.25) is 0 Å². The maximum atomic E-state index is 11.9. The van der Waals surface area contributed by atoms with Crippen LogP contribution < -0.4 is 16.4 Å². The molecule has 2 atom stereocenters. The molecule has 5 heteroatoms. The number of amides is 2. The maximum Gasteiger partial charge on any atom is 0.319 e. The number of anilines is 1. The van der Waals surface area contributed by atoms with Crippen LogP contribution in [0.25, 0.3) is 0 Å². The number of hydrogen-bond acceptors (Lipinski definition) is 3. The fourth-order valence-electron chi connectivity index (χ4n) is 1.87. The van der Waals surface area contributed by atoms with Crippen molar-refractivity contribution in [3.8, 4) is 0 Å². The predicted molar refractivity (Wildman–Crippen MR) is 78.3 cm³/mol. The van der Waals surface area contributed by atoms with E-state index < -0.39 is 0 Å². The topological polar surface area (TPSA) is 80.3 Å². The zero-order valence-corrected chi connectivity index (χ0v) is 11.6. The number of furan rings is 1. The molecule has 2 aromatic rings. The van der Waals surface area contributed by atoms with Crippen molar-refractivity contribution in [1.29, 1.82) is 0 Å². The van der Waals surface area contributed by atoms with E-state index in [1.807, 2.05) is 44.2 Å². The smallest absolute Gasteiger partial charge is 0.319 e. The van der Waals surface area contributed by atoms with Gasteiger partial charge in [0.15, 0.2) is 0 Å². The Morgan fingerprint density at radius 1 is 1.25 bits per heavy atom. The third-order valence-corrected chi connectivity index (χ3v) is 2.99. The van der Waals surface area contributed by atoms with Gasteiger partial charge in [0, 0.05) is 11.7 Å². The molecule has 0 saturated carbocycles. The molecule has 5 nitrogen and oxygen atoms in total. The van der Waals surface area contributed by atoms with E-state index in [0.717, 1.165) is 5.56 Å². The fourth-order valence-corrected chi connectivity index (χ4v) is 1.87. The first-order chi connectivity index (χ1) is 9.56. The summed E-state index contributed by atoms with van der Waals surface area (Å²) in [6.45, 7) is 3.76. The average molecular weight is 273 g/mol. The highest BCUT2D eigenvalue weighted by Crippen LogP contribution is 2.16. The molecule has 0 fully saturated rings. The Balaban J connectivity index is 1.96. The van der Waals surface area contributed by atoms with Crippen LogP contribution in [0.4, 0.5) is 10.5 Å². The Morgan fingerprint density at radius 2 is 2.05 bits per heavy atom. The number of carbonyl (C=O) groups excluding carboxylic acids is 1. The van der Waals surface area contributed by atoms with Gasteiger partial charge in [0.25, 0.3) is 0 Å². The van der Waals surface area contributed by atoms with Crippen LogP contribution in [0.2, 0.25) is 0 Å². The summed E-state index contributed by atoms with van der Waals surface area (Å²) in [5.41, 5.74) is 7.50. The van der Waals surface area contributed by atoms with E-state index in [-0.39, 0.29) is 18.1 Å². The summed E-state index contributed by atoms with van der Waals surface area (Å²) < 4.78 is 5.24. The Bertz CT molecular complexity index is 564. The molecule has 2 amide bonds. The molecule has 1 aromatic carbocycles. The number of benzene rings is 1. The monoisotopic (exact) mass is 273 g/mol. The third kappa shape index (κ3) is 3.61. The summed E-state index contributed by atoms with van der Waals surface area (Å²) in [6.07, 6.45) is 1.58. The largest absolute Gasteiger partial charge is 0.467 e. The highest BCUT2D eigenvalue weighted by Gasteiger charge is 2.11. The normalized spacial score (nSPS) is 13.6. The van der Waals surface area contributed by atoms with Crippen LogP contribution in [-0.4, -0.2) is 6.03 Å². The Kier molecular flexibility index (Phi) is 4.42. The van der Waals surface area contributed by atoms with E-state index >= 15 is 0 Å². The van der Waals surface area contributed by atoms with Crippen molar-refractivity contribution in [2.45, 2.75) is 25.9 Å². The van der Waals surface area contributed by atoms with E-state index in [1.165, 1.54) is 0 Å². The Hall–Kier alpha value is -2.27. The number of carbonyl (C=O) groups is 1.